The van der Waals surface area contributed by atoms with E-state index in [1.54, 1.807) is 0 Å². The number of hydrogen-bond acceptors (Lipinski definition) is 2. The van der Waals surface area contributed by atoms with Crippen molar-refractivity contribution in [1.82, 2.24) is 9.97 Å². The summed E-state index contributed by atoms with van der Waals surface area (Å²) in [5.41, 5.74) is 17.5. The molecule has 278 valence electrons. The molecule has 0 N–H and O–H groups in total. The molecular formula is C57H40N2. The summed E-state index contributed by atoms with van der Waals surface area (Å²) in [5, 5.41) is 4.88. The lowest BCUT2D eigenvalue weighted by Crippen LogP contribution is -2.14. The Kier molecular flexibility index (Phi) is 8.20. The molecule has 9 aromatic carbocycles. The Morgan fingerprint density at radius 1 is 0.305 bits per heavy atom. The van der Waals surface area contributed by atoms with Gasteiger partial charge in [0.05, 0.1) is 11.4 Å². The smallest absolute Gasteiger partial charge is 0.161 e. The first-order valence-corrected chi connectivity index (χ1v) is 20.4. The van der Waals surface area contributed by atoms with Gasteiger partial charge in [0, 0.05) is 22.1 Å². The van der Waals surface area contributed by atoms with Gasteiger partial charge in [-0.25, -0.2) is 9.97 Å². The Hall–Kier alpha value is -7.42. The van der Waals surface area contributed by atoms with E-state index >= 15 is 0 Å². The van der Waals surface area contributed by atoms with Gasteiger partial charge in [-0.1, -0.05) is 190 Å². The van der Waals surface area contributed by atoms with Crippen molar-refractivity contribution in [1.29, 1.82) is 0 Å². The fraction of sp³-hybridized carbons (Fsp3) is 0.0526. The van der Waals surface area contributed by atoms with Crippen LogP contribution in [0.15, 0.2) is 206 Å². The van der Waals surface area contributed by atoms with Crippen LogP contribution in [0.25, 0.3) is 100.0 Å². The van der Waals surface area contributed by atoms with Crippen molar-refractivity contribution in [3.8, 4) is 78.4 Å². The second kappa shape index (κ2) is 13.9. The van der Waals surface area contributed by atoms with Crippen LogP contribution in [0, 0.1) is 0 Å². The van der Waals surface area contributed by atoms with Gasteiger partial charge in [0.15, 0.2) is 5.82 Å². The molecule has 1 heterocycles. The molecule has 0 saturated heterocycles. The number of hydrogen-bond donors (Lipinski definition) is 0. The molecule has 0 aliphatic heterocycles. The molecule has 0 amide bonds. The van der Waals surface area contributed by atoms with Crippen molar-refractivity contribution in [2.45, 2.75) is 19.3 Å². The van der Waals surface area contributed by atoms with Gasteiger partial charge in [-0.2, -0.15) is 0 Å². The highest BCUT2D eigenvalue weighted by atomic mass is 14.9. The molecule has 10 aromatic rings. The van der Waals surface area contributed by atoms with Crippen molar-refractivity contribution in [2.24, 2.45) is 0 Å². The number of nitrogens with zero attached hydrogens (tertiary/aromatic N) is 2. The van der Waals surface area contributed by atoms with Crippen LogP contribution in [0.1, 0.15) is 25.0 Å². The highest BCUT2D eigenvalue weighted by Gasteiger charge is 2.35. The summed E-state index contributed by atoms with van der Waals surface area (Å²) in [6.07, 6.45) is 0. The molecule has 2 heteroatoms. The van der Waals surface area contributed by atoms with Crippen molar-refractivity contribution < 1.29 is 0 Å². The molecule has 0 atom stereocenters. The first-order valence-electron chi connectivity index (χ1n) is 20.4. The zero-order valence-corrected chi connectivity index (χ0v) is 33.0. The molecule has 1 aliphatic rings. The molecule has 0 fully saturated rings. The maximum Gasteiger partial charge on any atom is 0.161 e. The Bertz CT molecular complexity index is 3200. The van der Waals surface area contributed by atoms with Gasteiger partial charge in [0.25, 0.3) is 0 Å². The largest absolute Gasteiger partial charge is 0.228 e. The molecule has 1 aliphatic carbocycles. The maximum atomic E-state index is 5.25. The van der Waals surface area contributed by atoms with Crippen molar-refractivity contribution in [3.05, 3.63) is 217 Å². The van der Waals surface area contributed by atoms with Crippen molar-refractivity contribution >= 4 is 21.5 Å². The average molecular weight is 753 g/mol. The summed E-state index contributed by atoms with van der Waals surface area (Å²) in [7, 11) is 0. The highest BCUT2D eigenvalue weighted by molar-refractivity contribution is 6.04. The van der Waals surface area contributed by atoms with Gasteiger partial charge in [-0.05, 0) is 108 Å². The third-order valence-electron chi connectivity index (χ3n) is 12.3. The second-order valence-corrected chi connectivity index (χ2v) is 16.2. The minimum atomic E-state index is -0.0477. The number of benzene rings is 9. The Balaban J connectivity index is 0.963. The van der Waals surface area contributed by atoms with Gasteiger partial charge >= 0.3 is 0 Å². The third-order valence-corrected chi connectivity index (χ3v) is 12.3. The molecule has 59 heavy (non-hydrogen) atoms. The maximum absolute atomic E-state index is 5.25. The lowest BCUT2D eigenvalue weighted by atomic mass is 9.81. The first-order chi connectivity index (χ1) is 29.0. The van der Waals surface area contributed by atoms with Crippen LogP contribution < -0.4 is 0 Å². The van der Waals surface area contributed by atoms with Crippen molar-refractivity contribution in [3.63, 3.8) is 0 Å². The third kappa shape index (κ3) is 6.04. The zero-order valence-electron chi connectivity index (χ0n) is 33.0. The lowest BCUT2D eigenvalue weighted by molar-refractivity contribution is 0.661. The van der Waals surface area contributed by atoms with E-state index in [0.717, 1.165) is 33.5 Å². The second-order valence-electron chi connectivity index (χ2n) is 16.2. The quantitative estimate of drug-likeness (QED) is 0.169. The van der Waals surface area contributed by atoms with Gasteiger partial charge < -0.3 is 0 Å². The summed E-state index contributed by atoms with van der Waals surface area (Å²) < 4.78 is 0. The normalized spacial score (nSPS) is 12.7. The SMILES string of the molecule is CC1(C)c2ccc(-c3ccc(-c4ccc(-c5nc(-c6ccccc6)cc(-c6ccc(-c7ccccc7)cc6)n5)c5ccccc45)cc3)cc2-c2cc3ccccc3cc21. The summed E-state index contributed by atoms with van der Waals surface area (Å²) in [5.74, 6) is 0.709. The Morgan fingerprint density at radius 3 is 1.44 bits per heavy atom. The molecular weight excluding hydrogens is 713 g/mol. The van der Waals surface area contributed by atoms with E-state index in [1.165, 1.54) is 71.8 Å². The van der Waals surface area contributed by atoms with E-state index in [0.29, 0.717) is 5.82 Å². The monoisotopic (exact) mass is 752 g/mol. The minimum Gasteiger partial charge on any atom is -0.228 e. The van der Waals surface area contributed by atoms with Gasteiger partial charge in [-0.3, -0.25) is 0 Å². The summed E-state index contributed by atoms with van der Waals surface area (Å²) >= 11 is 0. The Labute approximate surface area is 345 Å². The summed E-state index contributed by atoms with van der Waals surface area (Å²) in [6.45, 7) is 4.71. The number of aromatic nitrogens is 2. The predicted molar refractivity (Wildman–Crippen MR) is 247 cm³/mol. The minimum absolute atomic E-state index is 0.0477. The van der Waals surface area contributed by atoms with E-state index in [-0.39, 0.29) is 5.41 Å². The van der Waals surface area contributed by atoms with E-state index in [1.807, 2.05) is 12.1 Å². The van der Waals surface area contributed by atoms with Crippen LogP contribution in [0.2, 0.25) is 0 Å². The van der Waals surface area contributed by atoms with E-state index in [9.17, 15) is 0 Å². The van der Waals surface area contributed by atoms with E-state index in [4.69, 9.17) is 9.97 Å². The number of fused-ring (bicyclic) bond motifs is 5. The molecule has 11 rings (SSSR count). The Morgan fingerprint density at radius 2 is 0.763 bits per heavy atom. The van der Waals surface area contributed by atoms with Crippen LogP contribution in [0.5, 0.6) is 0 Å². The van der Waals surface area contributed by atoms with Crippen LogP contribution in [0.4, 0.5) is 0 Å². The van der Waals surface area contributed by atoms with Crippen LogP contribution in [0.3, 0.4) is 0 Å². The molecule has 0 saturated carbocycles. The molecule has 1 aromatic heterocycles. The molecule has 0 bridgehead atoms. The lowest BCUT2D eigenvalue weighted by Gasteiger charge is -2.22. The van der Waals surface area contributed by atoms with Gasteiger partial charge in [-0.15, -0.1) is 0 Å². The summed E-state index contributed by atoms with van der Waals surface area (Å²) in [6, 6.07) is 74.3. The fourth-order valence-electron chi connectivity index (χ4n) is 9.14. The topological polar surface area (TPSA) is 25.8 Å². The van der Waals surface area contributed by atoms with E-state index < -0.39 is 0 Å². The first kappa shape index (κ1) is 34.8. The van der Waals surface area contributed by atoms with Crippen LogP contribution >= 0.6 is 0 Å². The highest BCUT2D eigenvalue weighted by Crippen LogP contribution is 2.51. The predicted octanol–water partition coefficient (Wildman–Crippen LogP) is 15.1. The number of rotatable bonds is 6. The standard InChI is InChI=1S/C57H40N2/c1-57(2)52-32-29-45(34-50(52)51-33-43-17-9-10-18-44(43)35-53(51)57)39-21-25-40(26-22-39)46-30-31-49(48-20-12-11-19-47(46)48)56-58-54(41-15-7-4-8-16-41)36-55(59-56)42-27-23-38(24-28-42)37-13-5-3-6-14-37/h3-36H,1-2H3. The molecule has 0 spiro atoms. The van der Waals surface area contributed by atoms with Gasteiger partial charge in [0.2, 0.25) is 0 Å². The van der Waals surface area contributed by atoms with Crippen molar-refractivity contribution in [2.75, 3.05) is 0 Å². The average Bonchev–Trinajstić information content (AvgIpc) is 3.52. The van der Waals surface area contributed by atoms with Crippen LogP contribution in [-0.4, -0.2) is 9.97 Å². The molecule has 0 radical (unpaired) electrons. The zero-order chi connectivity index (χ0) is 39.5. The fourth-order valence-corrected chi connectivity index (χ4v) is 9.14. The van der Waals surface area contributed by atoms with Gasteiger partial charge in [0.1, 0.15) is 0 Å². The summed E-state index contributed by atoms with van der Waals surface area (Å²) in [4.78, 5) is 10.5. The molecule has 2 nitrogen and oxygen atoms in total. The van der Waals surface area contributed by atoms with Crippen LogP contribution in [-0.2, 0) is 5.41 Å². The molecule has 0 unspecified atom stereocenters. The van der Waals surface area contributed by atoms with E-state index in [2.05, 4.69) is 208 Å².